The van der Waals surface area contributed by atoms with E-state index in [1.165, 1.54) is 0 Å². The zero-order valence-corrected chi connectivity index (χ0v) is 12.3. The van der Waals surface area contributed by atoms with E-state index in [9.17, 15) is 0 Å². The molecule has 4 unspecified atom stereocenters. The molecule has 125 valence electrons. The van der Waals surface area contributed by atoms with Crippen LogP contribution in [0, 0.1) is 0 Å². The molecule has 11 heteroatoms. The molecule has 0 aliphatic heterocycles. The third-order valence-electron chi connectivity index (χ3n) is 2.12. The zero-order valence-electron chi connectivity index (χ0n) is 11.2. The quantitative estimate of drug-likeness (QED) is 0.524. The molecular formula is C8H24CoN4O6-4. The number of hydrogen-bond donors (Lipinski definition) is 4. The van der Waals surface area contributed by atoms with Crippen molar-refractivity contribution < 1.29 is 48.6 Å². The molecule has 0 fully saturated rings. The van der Waals surface area contributed by atoms with Crippen LogP contribution in [0.25, 0.3) is 21.9 Å². The molecule has 0 aromatic carbocycles. The maximum absolute atomic E-state index is 8.09. The van der Waals surface area contributed by atoms with Gasteiger partial charge in [0.15, 0.2) is 0 Å². The Labute approximate surface area is 123 Å². The molecule has 1 radical (unpaired) electrons. The summed E-state index contributed by atoms with van der Waals surface area (Å²) in [7, 11) is 0. The Morgan fingerprint density at radius 1 is 0.526 bits per heavy atom. The minimum Gasteiger partial charge on any atom is -0.536 e. The van der Waals surface area contributed by atoms with E-state index in [1.54, 1.807) is 27.7 Å². The van der Waals surface area contributed by atoms with E-state index in [0.717, 1.165) is 0 Å². The summed E-state index contributed by atoms with van der Waals surface area (Å²) in [5.74, 6) is 0. The molecule has 8 N–H and O–H groups in total. The van der Waals surface area contributed by atoms with Gasteiger partial charge in [-0.2, -0.15) is 0 Å². The number of nitrogens with zero attached hydrogens (tertiary/aromatic N) is 4. The van der Waals surface area contributed by atoms with Crippen LogP contribution in [-0.4, -0.2) is 55.9 Å². The average Bonchev–Trinajstić information content (AvgIpc) is 2.35. The average molecular weight is 331 g/mol. The van der Waals surface area contributed by atoms with Crippen LogP contribution in [0.5, 0.6) is 0 Å². The standard InChI is InChI=1S/2C4H10N2O2.Co.2H2O/c2*1-3(5-7)4(2)6-8;;;/h2*3-4,7-8H,1-2H3;;2*1H2/q2*-2;;;. The second-order valence-corrected chi connectivity index (χ2v) is 3.42. The van der Waals surface area contributed by atoms with Crippen molar-refractivity contribution >= 4 is 0 Å². The van der Waals surface area contributed by atoms with E-state index in [-0.39, 0.29) is 51.9 Å². The van der Waals surface area contributed by atoms with Crippen LogP contribution in [0.3, 0.4) is 0 Å². The summed E-state index contributed by atoms with van der Waals surface area (Å²) >= 11 is 0. The summed E-state index contributed by atoms with van der Waals surface area (Å²) in [5, 5.41) is 32.4. The van der Waals surface area contributed by atoms with Crippen LogP contribution in [-0.2, 0) is 16.8 Å². The molecule has 0 amide bonds. The van der Waals surface area contributed by atoms with Gasteiger partial charge in [-0.15, -0.1) is 24.2 Å². The second kappa shape index (κ2) is 20.4. The van der Waals surface area contributed by atoms with Crippen molar-refractivity contribution in [3.05, 3.63) is 21.9 Å². The Hall–Kier alpha value is 0.106. The van der Waals surface area contributed by atoms with Crippen molar-refractivity contribution in [3.8, 4) is 0 Å². The van der Waals surface area contributed by atoms with Gasteiger partial charge in [-0.05, 0) is 0 Å². The molecular weight excluding hydrogens is 307 g/mol. The minimum absolute atomic E-state index is 0. The molecule has 0 aromatic heterocycles. The summed E-state index contributed by atoms with van der Waals surface area (Å²) in [5.41, 5.74) is 11.6. The van der Waals surface area contributed by atoms with Gasteiger partial charge < -0.3 is 53.7 Å². The molecule has 0 saturated heterocycles. The monoisotopic (exact) mass is 331 g/mol. The van der Waals surface area contributed by atoms with Crippen molar-refractivity contribution in [2.75, 3.05) is 0 Å². The van der Waals surface area contributed by atoms with E-state index < -0.39 is 0 Å². The molecule has 0 aliphatic carbocycles. The Morgan fingerprint density at radius 2 is 0.632 bits per heavy atom. The van der Waals surface area contributed by atoms with Gasteiger partial charge in [0.1, 0.15) is 0 Å². The van der Waals surface area contributed by atoms with Gasteiger partial charge in [-0.1, -0.05) is 27.7 Å². The molecule has 0 aliphatic rings. The third kappa shape index (κ3) is 18.1. The van der Waals surface area contributed by atoms with Crippen LogP contribution in [0.15, 0.2) is 0 Å². The van der Waals surface area contributed by atoms with Crippen LogP contribution in [0.1, 0.15) is 27.7 Å². The number of hydrogen-bond acceptors (Lipinski definition) is 4. The van der Waals surface area contributed by atoms with Crippen molar-refractivity contribution in [2.45, 2.75) is 51.9 Å². The summed E-state index contributed by atoms with van der Waals surface area (Å²) in [4.78, 5) is 0. The SMILES string of the molecule is CC([N-]O)C(C)[N-]O.CC([N-]O)C(C)[N-]O.O.O.[Co]. The van der Waals surface area contributed by atoms with Crippen LogP contribution >= 0.6 is 0 Å². The normalized spacial score (nSPS) is 15.2. The van der Waals surface area contributed by atoms with Gasteiger partial charge in [0.25, 0.3) is 0 Å². The summed E-state index contributed by atoms with van der Waals surface area (Å²) in [6, 6.07) is -1.28. The fraction of sp³-hybridized carbons (Fsp3) is 1.00. The van der Waals surface area contributed by atoms with Gasteiger partial charge in [-0.3, -0.25) is 0 Å². The van der Waals surface area contributed by atoms with Crippen molar-refractivity contribution in [1.29, 1.82) is 0 Å². The maximum atomic E-state index is 8.09. The van der Waals surface area contributed by atoms with E-state index >= 15 is 0 Å². The Morgan fingerprint density at radius 3 is 0.684 bits per heavy atom. The van der Waals surface area contributed by atoms with E-state index in [0.29, 0.717) is 0 Å². The van der Waals surface area contributed by atoms with Crippen molar-refractivity contribution in [2.24, 2.45) is 0 Å². The molecule has 0 rings (SSSR count). The van der Waals surface area contributed by atoms with E-state index in [4.69, 9.17) is 20.8 Å². The van der Waals surface area contributed by atoms with Crippen LogP contribution < -0.4 is 0 Å². The second-order valence-electron chi connectivity index (χ2n) is 3.42. The van der Waals surface area contributed by atoms with Crippen LogP contribution in [0.4, 0.5) is 0 Å². The van der Waals surface area contributed by atoms with Gasteiger partial charge >= 0.3 is 0 Å². The first-order valence-corrected chi connectivity index (χ1v) is 4.81. The molecule has 4 atom stereocenters. The largest absolute Gasteiger partial charge is 0.536 e. The summed E-state index contributed by atoms with van der Waals surface area (Å²) in [6.45, 7) is 6.63. The first-order chi connectivity index (χ1) is 7.44. The molecule has 0 spiro atoms. The predicted molar refractivity (Wildman–Crippen MR) is 65.7 cm³/mol. The van der Waals surface area contributed by atoms with Gasteiger partial charge in [0.2, 0.25) is 0 Å². The fourth-order valence-corrected chi connectivity index (χ4v) is 0.386. The predicted octanol–water partition coefficient (Wildman–Crippen LogP) is 0.926. The summed E-state index contributed by atoms with van der Waals surface area (Å²) < 4.78 is 0. The number of hydroxylamine groups is 4. The fourth-order valence-electron chi connectivity index (χ4n) is 0.386. The van der Waals surface area contributed by atoms with E-state index in [1.807, 2.05) is 0 Å². The Kier molecular flexibility index (Phi) is 33.8. The van der Waals surface area contributed by atoms with Crippen LogP contribution in [0.2, 0.25) is 0 Å². The smallest absolute Gasteiger partial charge is 0 e. The first kappa shape index (κ1) is 31.5. The molecule has 19 heavy (non-hydrogen) atoms. The Balaban J connectivity index is -0.0000000594. The molecule has 0 heterocycles. The summed E-state index contributed by atoms with van der Waals surface area (Å²) in [6.07, 6.45) is 0. The van der Waals surface area contributed by atoms with Crippen molar-refractivity contribution in [3.63, 3.8) is 0 Å². The molecule has 0 saturated carbocycles. The van der Waals surface area contributed by atoms with E-state index in [2.05, 4.69) is 21.9 Å². The number of rotatable bonds is 6. The maximum Gasteiger partial charge on any atom is 0 e. The third-order valence-corrected chi connectivity index (χ3v) is 2.12. The minimum atomic E-state index is -0.319. The van der Waals surface area contributed by atoms with Crippen molar-refractivity contribution in [1.82, 2.24) is 0 Å². The molecule has 0 aromatic rings. The molecule has 0 bridgehead atoms. The van der Waals surface area contributed by atoms with Gasteiger partial charge in [0.05, 0.1) is 0 Å². The first-order valence-electron chi connectivity index (χ1n) is 4.81. The van der Waals surface area contributed by atoms with Gasteiger partial charge in [0, 0.05) is 16.8 Å². The Bertz CT molecular complexity index is 129. The van der Waals surface area contributed by atoms with Gasteiger partial charge in [-0.25, -0.2) is 0 Å². The zero-order chi connectivity index (χ0) is 13.1. The molecule has 10 nitrogen and oxygen atoms in total. The topological polar surface area (TPSA) is 200 Å².